The molecule has 0 bridgehead atoms. The van der Waals surface area contributed by atoms with Gasteiger partial charge in [-0.15, -0.1) is 10.2 Å². The molecular weight excluding hydrogens is 428 g/mol. The van der Waals surface area contributed by atoms with Gasteiger partial charge in [0.15, 0.2) is 22.4 Å². The normalized spacial score (nSPS) is 12.1. The number of amides is 1. The van der Waals surface area contributed by atoms with Crippen LogP contribution in [-0.2, 0) is 17.9 Å². The van der Waals surface area contributed by atoms with Gasteiger partial charge in [-0.25, -0.2) is 0 Å². The fourth-order valence-electron chi connectivity index (χ4n) is 3.32. The maximum atomic E-state index is 12.5. The zero-order valence-corrected chi connectivity index (χ0v) is 17.9. The molecule has 0 spiro atoms. The van der Waals surface area contributed by atoms with Crippen molar-refractivity contribution in [1.29, 1.82) is 0 Å². The highest BCUT2D eigenvalue weighted by molar-refractivity contribution is 7.99. The quantitative estimate of drug-likeness (QED) is 0.411. The monoisotopic (exact) mass is 448 g/mol. The molecule has 1 amide bonds. The van der Waals surface area contributed by atoms with Crippen LogP contribution in [0.2, 0.25) is 0 Å². The summed E-state index contributed by atoms with van der Waals surface area (Å²) in [7, 11) is 0. The Morgan fingerprint density at radius 2 is 1.88 bits per heavy atom. The average molecular weight is 449 g/mol. The van der Waals surface area contributed by atoms with Crippen molar-refractivity contribution in [2.24, 2.45) is 0 Å². The lowest BCUT2D eigenvalue weighted by Crippen LogP contribution is -2.24. The van der Waals surface area contributed by atoms with Crippen LogP contribution < -0.4 is 14.8 Å². The number of carbonyl (C=O) groups excluding carboxylic acids is 1. The van der Waals surface area contributed by atoms with Crippen molar-refractivity contribution in [2.75, 3.05) is 12.5 Å². The van der Waals surface area contributed by atoms with Crippen molar-refractivity contribution in [3.63, 3.8) is 0 Å². The van der Waals surface area contributed by atoms with E-state index in [1.807, 2.05) is 65.2 Å². The van der Waals surface area contributed by atoms with E-state index in [1.165, 1.54) is 11.8 Å². The molecule has 0 saturated carbocycles. The minimum atomic E-state index is -0.0959. The summed E-state index contributed by atoms with van der Waals surface area (Å²) in [6, 6.07) is 19.3. The van der Waals surface area contributed by atoms with E-state index < -0.39 is 0 Å². The summed E-state index contributed by atoms with van der Waals surface area (Å²) in [6.45, 7) is 1.21. The number of nitrogens with one attached hydrogen (secondary N) is 1. The van der Waals surface area contributed by atoms with Crippen molar-refractivity contribution >= 4 is 17.7 Å². The zero-order chi connectivity index (χ0) is 21.8. The maximum Gasteiger partial charge on any atom is 0.231 e. The third-order valence-corrected chi connectivity index (χ3v) is 5.87. The van der Waals surface area contributed by atoms with Crippen LogP contribution in [0.25, 0.3) is 11.6 Å². The Hall–Kier alpha value is -3.72. The molecule has 1 aliphatic rings. The number of thioether (sulfide) groups is 1. The molecule has 8 nitrogen and oxygen atoms in total. The first-order valence-electron chi connectivity index (χ1n) is 10.1. The summed E-state index contributed by atoms with van der Waals surface area (Å²) in [4.78, 5) is 12.5. The lowest BCUT2D eigenvalue weighted by molar-refractivity contribution is -0.118. The minimum absolute atomic E-state index is 0.0959. The predicted octanol–water partition coefficient (Wildman–Crippen LogP) is 3.72. The molecule has 1 aliphatic heterocycles. The van der Waals surface area contributed by atoms with Gasteiger partial charge in [-0.2, -0.15) is 0 Å². The van der Waals surface area contributed by atoms with E-state index in [-0.39, 0.29) is 18.5 Å². The topological polar surface area (TPSA) is 91.4 Å². The Bertz CT molecular complexity index is 1210. The van der Waals surface area contributed by atoms with Crippen LogP contribution >= 0.6 is 11.8 Å². The van der Waals surface area contributed by atoms with Gasteiger partial charge in [0.1, 0.15) is 0 Å². The predicted molar refractivity (Wildman–Crippen MR) is 118 cm³/mol. The number of furan rings is 1. The largest absolute Gasteiger partial charge is 0.461 e. The van der Waals surface area contributed by atoms with Gasteiger partial charge in [0.25, 0.3) is 0 Å². The van der Waals surface area contributed by atoms with Gasteiger partial charge in [0, 0.05) is 6.54 Å². The van der Waals surface area contributed by atoms with E-state index >= 15 is 0 Å². The highest BCUT2D eigenvalue weighted by Crippen LogP contribution is 2.32. The Morgan fingerprint density at radius 1 is 1.00 bits per heavy atom. The fraction of sp³-hybridized carbons (Fsp3) is 0.174. The second kappa shape index (κ2) is 9.19. The molecule has 5 rings (SSSR count). The number of benzene rings is 2. The smallest absolute Gasteiger partial charge is 0.231 e. The number of ether oxygens (including phenoxy) is 2. The first kappa shape index (κ1) is 20.2. The maximum absolute atomic E-state index is 12.5. The highest BCUT2D eigenvalue weighted by atomic mass is 32.2. The van der Waals surface area contributed by atoms with Crippen LogP contribution in [0, 0.1) is 0 Å². The first-order chi connectivity index (χ1) is 15.8. The fourth-order valence-corrected chi connectivity index (χ4v) is 4.09. The molecule has 0 radical (unpaired) electrons. The van der Waals surface area contributed by atoms with Gasteiger partial charge in [-0.05, 0) is 35.4 Å². The minimum Gasteiger partial charge on any atom is -0.461 e. The number of nitrogens with zero attached hydrogens (tertiary/aromatic N) is 3. The number of fused-ring (bicyclic) bond motifs is 1. The average Bonchev–Trinajstić information content (AvgIpc) is 3.57. The molecule has 2 aromatic carbocycles. The molecule has 9 heteroatoms. The van der Waals surface area contributed by atoms with Gasteiger partial charge in [-0.1, -0.05) is 48.2 Å². The Labute approximate surface area is 188 Å². The molecule has 0 aliphatic carbocycles. The summed E-state index contributed by atoms with van der Waals surface area (Å²) >= 11 is 1.34. The van der Waals surface area contributed by atoms with E-state index in [2.05, 4.69) is 15.5 Å². The SMILES string of the molecule is O=C(CSc1nnc(-c2ccco2)n1Cc1ccccc1)NCc1ccc2c(c1)OCO2. The second-order valence-corrected chi connectivity index (χ2v) is 8.05. The molecule has 0 atom stereocenters. The summed E-state index contributed by atoms with van der Waals surface area (Å²) in [6.07, 6.45) is 1.60. The first-order valence-corrected chi connectivity index (χ1v) is 11.0. The van der Waals surface area contributed by atoms with Gasteiger partial charge in [-0.3, -0.25) is 9.36 Å². The number of hydrogen-bond donors (Lipinski definition) is 1. The van der Waals surface area contributed by atoms with Crippen molar-refractivity contribution in [3.8, 4) is 23.1 Å². The summed E-state index contributed by atoms with van der Waals surface area (Å²) in [5.74, 6) is 2.80. The summed E-state index contributed by atoms with van der Waals surface area (Å²) < 4.78 is 18.2. The molecule has 0 unspecified atom stereocenters. The highest BCUT2D eigenvalue weighted by Gasteiger charge is 2.18. The summed E-state index contributed by atoms with van der Waals surface area (Å²) in [5, 5.41) is 12.2. The lowest BCUT2D eigenvalue weighted by Gasteiger charge is -2.10. The standard InChI is InChI=1S/C23H20N4O4S/c28-21(24-12-17-8-9-18-20(11-17)31-15-30-18)14-32-23-26-25-22(19-7-4-10-29-19)27(23)13-16-5-2-1-3-6-16/h1-11H,12-15H2,(H,24,28). The molecule has 2 aromatic heterocycles. The van der Waals surface area contributed by atoms with Crippen LogP contribution in [-0.4, -0.2) is 33.2 Å². The van der Waals surface area contributed by atoms with Crippen molar-refractivity contribution in [1.82, 2.24) is 20.1 Å². The van der Waals surface area contributed by atoms with E-state index in [0.29, 0.717) is 35.6 Å². The number of rotatable bonds is 8. The van der Waals surface area contributed by atoms with E-state index in [4.69, 9.17) is 13.9 Å². The van der Waals surface area contributed by atoms with Crippen molar-refractivity contribution in [2.45, 2.75) is 18.2 Å². The second-order valence-electron chi connectivity index (χ2n) is 7.11. The third-order valence-electron chi connectivity index (χ3n) is 4.90. The van der Waals surface area contributed by atoms with Crippen LogP contribution in [0.1, 0.15) is 11.1 Å². The van der Waals surface area contributed by atoms with Gasteiger partial charge < -0.3 is 19.2 Å². The zero-order valence-electron chi connectivity index (χ0n) is 17.1. The van der Waals surface area contributed by atoms with E-state index in [1.54, 1.807) is 6.26 Å². The molecule has 3 heterocycles. The van der Waals surface area contributed by atoms with Crippen molar-refractivity contribution in [3.05, 3.63) is 78.1 Å². The van der Waals surface area contributed by atoms with E-state index in [9.17, 15) is 4.79 Å². The van der Waals surface area contributed by atoms with Crippen molar-refractivity contribution < 1.29 is 18.7 Å². The van der Waals surface area contributed by atoms with Crippen LogP contribution in [0.4, 0.5) is 0 Å². The number of aromatic nitrogens is 3. The van der Waals surface area contributed by atoms with E-state index in [0.717, 1.165) is 16.9 Å². The van der Waals surface area contributed by atoms with Crippen LogP contribution in [0.3, 0.4) is 0 Å². The lowest BCUT2D eigenvalue weighted by atomic mass is 10.2. The van der Waals surface area contributed by atoms with Gasteiger partial charge in [0.05, 0.1) is 18.6 Å². The molecule has 1 N–H and O–H groups in total. The van der Waals surface area contributed by atoms with Crippen LogP contribution in [0.5, 0.6) is 11.5 Å². The Kier molecular flexibility index (Phi) is 5.80. The van der Waals surface area contributed by atoms with Crippen LogP contribution in [0.15, 0.2) is 76.5 Å². The molecule has 162 valence electrons. The number of hydrogen-bond acceptors (Lipinski definition) is 7. The van der Waals surface area contributed by atoms with Gasteiger partial charge in [0.2, 0.25) is 18.5 Å². The Balaban J connectivity index is 1.25. The number of carbonyl (C=O) groups is 1. The molecule has 4 aromatic rings. The molecule has 32 heavy (non-hydrogen) atoms. The Morgan fingerprint density at radius 3 is 2.72 bits per heavy atom. The van der Waals surface area contributed by atoms with Gasteiger partial charge >= 0.3 is 0 Å². The third kappa shape index (κ3) is 4.47. The molecule has 0 saturated heterocycles. The molecular formula is C23H20N4O4S. The summed E-state index contributed by atoms with van der Waals surface area (Å²) in [5.41, 5.74) is 2.05. The molecule has 0 fully saturated rings.